The van der Waals surface area contributed by atoms with Crippen molar-refractivity contribution in [1.29, 1.82) is 5.26 Å². The number of alkyl halides is 3. The summed E-state index contributed by atoms with van der Waals surface area (Å²) in [7, 11) is 1.47. The number of nitrogens with zero attached hydrogens (tertiary/aromatic N) is 3. The molecule has 0 bridgehead atoms. The summed E-state index contributed by atoms with van der Waals surface area (Å²) >= 11 is 0. The Kier molecular flexibility index (Phi) is 3.57. The van der Waals surface area contributed by atoms with E-state index in [0.29, 0.717) is 11.1 Å². The van der Waals surface area contributed by atoms with E-state index in [1.165, 1.54) is 19.2 Å². The molecule has 0 unspecified atom stereocenters. The molecule has 0 aliphatic rings. The summed E-state index contributed by atoms with van der Waals surface area (Å²) in [4.78, 5) is 6.89. The summed E-state index contributed by atoms with van der Waals surface area (Å²) in [5.41, 5.74) is 0.878. The van der Waals surface area contributed by atoms with Crippen LogP contribution in [-0.2, 0) is 6.18 Å². The first kappa shape index (κ1) is 13.8. The lowest BCUT2D eigenvalue weighted by Crippen LogP contribution is -2.13. The highest BCUT2D eigenvalue weighted by atomic mass is 19.4. The first-order valence-electron chi connectivity index (χ1n) is 5.58. The molecule has 0 saturated heterocycles. The predicted molar refractivity (Wildman–Crippen MR) is 66.7 cm³/mol. The average Bonchev–Trinajstić information content (AvgIpc) is 2.46. The maximum absolute atomic E-state index is 12.7. The van der Waals surface area contributed by atoms with Crippen molar-refractivity contribution in [2.45, 2.75) is 6.18 Å². The molecule has 0 radical (unpaired) electrons. The fourth-order valence-electron chi connectivity index (χ4n) is 1.60. The van der Waals surface area contributed by atoms with Gasteiger partial charge in [0.2, 0.25) is 5.82 Å². The Morgan fingerprint density at radius 1 is 1.20 bits per heavy atom. The third kappa shape index (κ3) is 2.85. The lowest BCUT2D eigenvalue weighted by atomic mass is 10.1. The van der Waals surface area contributed by atoms with Gasteiger partial charge in [0.25, 0.3) is 0 Å². The van der Waals surface area contributed by atoms with Crippen LogP contribution in [0, 0.1) is 11.3 Å². The van der Waals surface area contributed by atoms with Gasteiger partial charge in [-0.05, 0) is 12.1 Å². The summed E-state index contributed by atoms with van der Waals surface area (Å²) in [5.74, 6) is -1.16. The van der Waals surface area contributed by atoms with Crippen LogP contribution in [0.2, 0.25) is 0 Å². The second-order valence-electron chi connectivity index (χ2n) is 3.90. The lowest BCUT2D eigenvalue weighted by Gasteiger charge is -2.10. The zero-order valence-electron chi connectivity index (χ0n) is 10.4. The van der Waals surface area contributed by atoms with E-state index in [-0.39, 0.29) is 11.5 Å². The first-order chi connectivity index (χ1) is 9.44. The number of halogens is 3. The van der Waals surface area contributed by atoms with Crippen LogP contribution in [-0.4, -0.2) is 17.0 Å². The van der Waals surface area contributed by atoms with Crippen molar-refractivity contribution in [3.8, 4) is 17.3 Å². The lowest BCUT2D eigenvalue weighted by molar-refractivity contribution is -0.144. The van der Waals surface area contributed by atoms with Crippen LogP contribution in [0.15, 0.2) is 30.3 Å². The van der Waals surface area contributed by atoms with Crippen LogP contribution in [0.25, 0.3) is 11.3 Å². The molecule has 1 aromatic heterocycles. The van der Waals surface area contributed by atoms with Crippen LogP contribution in [0.4, 0.5) is 19.0 Å². The summed E-state index contributed by atoms with van der Waals surface area (Å²) in [6.45, 7) is 0. The van der Waals surface area contributed by atoms with Crippen molar-refractivity contribution < 1.29 is 13.2 Å². The Balaban J connectivity index is 2.59. The number of benzene rings is 1. The normalized spacial score (nSPS) is 10.9. The minimum atomic E-state index is -4.63. The number of anilines is 1. The van der Waals surface area contributed by atoms with Crippen LogP contribution in [0.1, 0.15) is 11.4 Å². The summed E-state index contributed by atoms with van der Waals surface area (Å²) < 4.78 is 38.2. The van der Waals surface area contributed by atoms with Gasteiger partial charge < -0.3 is 5.32 Å². The van der Waals surface area contributed by atoms with Gasteiger partial charge >= 0.3 is 6.18 Å². The Hall–Kier alpha value is -2.62. The van der Waals surface area contributed by atoms with Crippen molar-refractivity contribution >= 4 is 5.82 Å². The first-order valence-corrected chi connectivity index (χ1v) is 5.58. The van der Waals surface area contributed by atoms with Gasteiger partial charge in [-0.2, -0.15) is 18.4 Å². The highest BCUT2D eigenvalue weighted by molar-refractivity contribution is 5.64. The molecule has 0 fully saturated rings. The zero-order valence-corrected chi connectivity index (χ0v) is 10.4. The SMILES string of the molecule is CNc1cc(-c2cccc(C#N)c2)nc(C(F)(F)F)n1. The van der Waals surface area contributed by atoms with E-state index in [0.717, 1.165) is 0 Å². The fourth-order valence-corrected chi connectivity index (χ4v) is 1.60. The predicted octanol–water partition coefficient (Wildman–Crippen LogP) is 3.08. The molecule has 2 aromatic rings. The van der Waals surface area contributed by atoms with Crippen LogP contribution in [0.5, 0.6) is 0 Å². The van der Waals surface area contributed by atoms with E-state index in [1.54, 1.807) is 18.2 Å². The van der Waals surface area contributed by atoms with E-state index < -0.39 is 12.0 Å². The van der Waals surface area contributed by atoms with Crippen molar-refractivity contribution in [3.63, 3.8) is 0 Å². The molecule has 4 nitrogen and oxygen atoms in total. The highest BCUT2D eigenvalue weighted by Crippen LogP contribution is 2.29. The summed E-state index contributed by atoms with van der Waals surface area (Å²) in [6.07, 6.45) is -4.63. The van der Waals surface area contributed by atoms with Crippen LogP contribution < -0.4 is 5.32 Å². The molecule has 0 saturated carbocycles. The molecule has 7 heteroatoms. The number of nitriles is 1. The van der Waals surface area contributed by atoms with Crippen LogP contribution >= 0.6 is 0 Å². The number of hydrogen-bond donors (Lipinski definition) is 1. The number of aromatic nitrogens is 2. The largest absolute Gasteiger partial charge is 0.451 e. The Morgan fingerprint density at radius 2 is 1.95 bits per heavy atom. The number of nitrogens with one attached hydrogen (secondary N) is 1. The molecular formula is C13H9F3N4. The van der Waals surface area contributed by atoms with Crippen molar-refractivity contribution in [2.75, 3.05) is 12.4 Å². The highest BCUT2D eigenvalue weighted by Gasteiger charge is 2.35. The van der Waals surface area contributed by atoms with Crippen molar-refractivity contribution in [3.05, 3.63) is 41.7 Å². The van der Waals surface area contributed by atoms with E-state index in [1.807, 2.05) is 6.07 Å². The van der Waals surface area contributed by atoms with E-state index >= 15 is 0 Å². The quantitative estimate of drug-likeness (QED) is 0.917. The number of hydrogen-bond acceptors (Lipinski definition) is 4. The smallest absolute Gasteiger partial charge is 0.373 e. The average molecular weight is 278 g/mol. The summed E-state index contributed by atoms with van der Waals surface area (Å²) in [5, 5.41) is 11.4. The van der Waals surface area contributed by atoms with Gasteiger partial charge in [0.05, 0.1) is 17.3 Å². The third-order valence-corrected chi connectivity index (χ3v) is 2.52. The second-order valence-corrected chi connectivity index (χ2v) is 3.90. The van der Waals surface area contributed by atoms with Gasteiger partial charge in [-0.25, -0.2) is 9.97 Å². The van der Waals surface area contributed by atoms with Crippen LogP contribution in [0.3, 0.4) is 0 Å². The zero-order chi connectivity index (χ0) is 14.8. The molecule has 0 aliphatic heterocycles. The molecule has 0 amide bonds. The van der Waals surface area contributed by atoms with E-state index in [9.17, 15) is 13.2 Å². The van der Waals surface area contributed by atoms with Gasteiger partial charge in [0.1, 0.15) is 5.82 Å². The van der Waals surface area contributed by atoms with Crippen molar-refractivity contribution in [2.24, 2.45) is 0 Å². The van der Waals surface area contributed by atoms with Crippen molar-refractivity contribution in [1.82, 2.24) is 9.97 Å². The molecule has 102 valence electrons. The van der Waals surface area contributed by atoms with Gasteiger partial charge in [0.15, 0.2) is 0 Å². The maximum Gasteiger partial charge on any atom is 0.451 e. The molecule has 0 atom stereocenters. The topological polar surface area (TPSA) is 61.6 Å². The Bertz CT molecular complexity index is 674. The third-order valence-electron chi connectivity index (χ3n) is 2.52. The molecule has 0 spiro atoms. The standard InChI is InChI=1S/C13H9F3N4/c1-18-11-6-10(19-12(20-11)13(14,15)16)9-4-2-3-8(5-9)7-17/h2-6H,1H3,(H,18,19,20). The molecular weight excluding hydrogens is 269 g/mol. The maximum atomic E-state index is 12.7. The fraction of sp³-hybridized carbons (Fsp3) is 0.154. The van der Waals surface area contributed by atoms with Gasteiger partial charge in [-0.3, -0.25) is 0 Å². The summed E-state index contributed by atoms with van der Waals surface area (Å²) in [6, 6.07) is 9.53. The second kappa shape index (κ2) is 5.17. The minimum Gasteiger partial charge on any atom is -0.373 e. The Labute approximate surface area is 112 Å². The molecule has 2 rings (SSSR count). The minimum absolute atomic E-state index is 0.0599. The van der Waals surface area contributed by atoms with Gasteiger partial charge in [-0.15, -0.1) is 0 Å². The van der Waals surface area contributed by atoms with Gasteiger partial charge in [0, 0.05) is 18.7 Å². The molecule has 0 aliphatic carbocycles. The van der Waals surface area contributed by atoms with E-state index in [2.05, 4.69) is 15.3 Å². The van der Waals surface area contributed by atoms with E-state index in [4.69, 9.17) is 5.26 Å². The molecule has 1 N–H and O–H groups in total. The number of rotatable bonds is 2. The van der Waals surface area contributed by atoms with Gasteiger partial charge in [-0.1, -0.05) is 12.1 Å². The Morgan fingerprint density at radius 3 is 2.55 bits per heavy atom. The molecule has 20 heavy (non-hydrogen) atoms. The monoisotopic (exact) mass is 278 g/mol. The molecule has 1 heterocycles. The molecule has 1 aromatic carbocycles.